The van der Waals surface area contributed by atoms with Crippen molar-refractivity contribution in [1.82, 2.24) is 4.57 Å². The zero-order valence-corrected chi connectivity index (χ0v) is 13.2. The second-order valence-electron chi connectivity index (χ2n) is 3.85. The van der Waals surface area contributed by atoms with Crippen LogP contribution in [0.15, 0.2) is 24.3 Å². The lowest BCUT2D eigenvalue weighted by atomic mass is 10.1. The van der Waals surface area contributed by atoms with Crippen molar-refractivity contribution in [2.45, 2.75) is 47.5 Å². The Kier molecular flexibility index (Phi) is 8.60. The molecule has 2 heteroatoms. The lowest BCUT2D eigenvalue weighted by Crippen LogP contribution is -1.93. The monoisotopic (exact) mass is 261 g/mol. The lowest BCUT2D eigenvalue weighted by molar-refractivity contribution is -0.107. The summed E-state index contributed by atoms with van der Waals surface area (Å²) in [5.41, 5.74) is 3.81. The molecule has 1 aromatic carbocycles. The van der Waals surface area contributed by atoms with E-state index in [-0.39, 0.29) is 0 Å². The first-order chi connectivity index (χ1) is 9.25. The van der Waals surface area contributed by atoms with Crippen LogP contribution in [0.5, 0.6) is 0 Å². The number of benzene rings is 1. The summed E-state index contributed by atoms with van der Waals surface area (Å²) in [6.07, 6.45) is 2.44. The fraction of sp³-hybridized carbons (Fsp3) is 0.471. The molecule has 0 atom stereocenters. The van der Waals surface area contributed by atoms with Gasteiger partial charge in [0.05, 0.1) is 0 Å². The van der Waals surface area contributed by atoms with Crippen LogP contribution in [-0.2, 0) is 18.3 Å². The van der Waals surface area contributed by atoms with Crippen molar-refractivity contribution in [2.24, 2.45) is 7.05 Å². The third-order valence-corrected chi connectivity index (χ3v) is 3.04. The first-order valence-corrected chi connectivity index (χ1v) is 7.22. The van der Waals surface area contributed by atoms with Crippen molar-refractivity contribution in [1.29, 1.82) is 0 Å². The van der Waals surface area contributed by atoms with Crippen LogP contribution in [0.2, 0.25) is 0 Å². The van der Waals surface area contributed by atoms with Crippen molar-refractivity contribution in [3.63, 3.8) is 0 Å². The number of fused-ring (bicyclic) bond motifs is 1. The molecule has 2 rings (SSSR count). The number of aromatic nitrogens is 1. The molecule has 0 saturated heterocycles. The molecule has 2 aromatic rings. The van der Waals surface area contributed by atoms with Gasteiger partial charge in [-0.15, -0.1) is 0 Å². The van der Waals surface area contributed by atoms with Crippen LogP contribution in [0.1, 0.15) is 45.4 Å². The summed E-state index contributed by atoms with van der Waals surface area (Å²) in [5.74, 6) is 0. The van der Waals surface area contributed by atoms with Gasteiger partial charge in [0.1, 0.15) is 6.29 Å². The first-order valence-electron chi connectivity index (χ1n) is 7.22. The maximum atomic E-state index is 10.4. The average Bonchev–Trinajstić information content (AvgIpc) is 2.74. The Balaban J connectivity index is 0.000000741. The van der Waals surface area contributed by atoms with Gasteiger partial charge in [0.2, 0.25) is 0 Å². The van der Waals surface area contributed by atoms with Crippen molar-refractivity contribution >= 4 is 17.2 Å². The summed E-state index contributed by atoms with van der Waals surface area (Å²) < 4.78 is 2.19. The van der Waals surface area contributed by atoms with Crippen molar-refractivity contribution in [3.8, 4) is 0 Å². The zero-order valence-electron chi connectivity index (χ0n) is 13.2. The molecule has 0 N–H and O–H groups in total. The Morgan fingerprint density at radius 1 is 1.11 bits per heavy atom. The molecule has 0 fully saturated rings. The molecule has 0 aliphatic rings. The van der Waals surface area contributed by atoms with Gasteiger partial charge in [-0.1, -0.05) is 45.9 Å². The van der Waals surface area contributed by atoms with E-state index in [1.165, 1.54) is 22.2 Å². The molecular weight excluding hydrogens is 234 g/mol. The quantitative estimate of drug-likeness (QED) is 0.736. The van der Waals surface area contributed by atoms with Gasteiger partial charge in [0.25, 0.3) is 0 Å². The summed E-state index contributed by atoms with van der Waals surface area (Å²) >= 11 is 0. The smallest absolute Gasteiger partial charge is 0.120 e. The molecule has 0 radical (unpaired) electrons. The van der Waals surface area contributed by atoms with Crippen LogP contribution >= 0.6 is 0 Å². The van der Waals surface area contributed by atoms with Crippen LogP contribution in [-0.4, -0.2) is 10.9 Å². The maximum absolute atomic E-state index is 10.4. The van der Waals surface area contributed by atoms with E-state index >= 15 is 0 Å². The van der Waals surface area contributed by atoms with E-state index in [2.05, 4.69) is 30.7 Å². The van der Waals surface area contributed by atoms with Gasteiger partial charge in [0.15, 0.2) is 0 Å². The van der Waals surface area contributed by atoms with E-state index in [4.69, 9.17) is 0 Å². The minimum absolute atomic E-state index is 0.606. The molecule has 2 nitrogen and oxygen atoms in total. The normalized spacial score (nSPS) is 9.16. The standard InChI is InChI=1S/C13H15NO.2C2H6/c1-10-11(7-5-9-15)12-6-3-4-8-13(12)14(10)2;2*1-2/h3-4,6,8-9H,5,7H2,1-2H3;2*1-2H3. The van der Waals surface area contributed by atoms with Gasteiger partial charge in [0, 0.05) is 30.1 Å². The van der Waals surface area contributed by atoms with Gasteiger partial charge in [-0.25, -0.2) is 0 Å². The van der Waals surface area contributed by atoms with Crippen LogP contribution in [0, 0.1) is 6.92 Å². The number of para-hydroxylation sites is 1. The summed E-state index contributed by atoms with van der Waals surface area (Å²) in [7, 11) is 2.07. The first kappa shape index (κ1) is 17.4. The van der Waals surface area contributed by atoms with Gasteiger partial charge >= 0.3 is 0 Å². The zero-order chi connectivity index (χ0) is 14.8. The largest absolute Gasteiger partial charge is 0.348 e. The van der Waals surface area contributed by atoms with E-state index in [9.17, 15) is 4.79 Å². The molecule has 0 unspecified atom stereocenters. The summed E-state index contributed by atoms with van der Waals surface area (Å²) in [6, 6.07) is 8.34. The Morgan fingerprint density at radius 2 is 1.68 bits per heavy atom. The Hall–Kier alpha value is -1.57. The van der Waals surface area contributed by atoms with Crippen molar-refractivity contribution in [2.75, 3.05) is 0 Å². The van der Waals surface area contributed by atoms with Gasteiger partial charge < -0.3 is 9.36 Å². The predicted octanol–water partition coefficient (Wildman–Crippen LogP) is 4.67. The molecule has 1 heterocycles. The van der Waals surface area contributed by atoms with E-state index in [1.807, 2.05) is 39.8 Å². The number of carbonyl (C=O) groups excluding carboxylic acids is 1. The van der Waals surface area contributed by atoms with Gasteiger partial charge in [-0.05, 0) is 25.0 Å². The van der Waals surface area contributed by atoms with Crippen LogP contribution in [0.25, 0.3) is 10.9 Å². The number of aryl methyl sites for hydroxylation is 2. The number of rotatable bonds is 3. The minimum atomic E-state index is 0.606. The predicted molar refractivity (Wildman–Crippen MR) is 84.7 cm³/mol. The molecule has 0 aliphatic carbocycles. The highest BCUT2D eigenvalue weighted by Gasteiger charge is 2.10. The summed E-state index contributed by atoms with van der Waals surface area (Å²) in [4.78, 5) is 10.4. The van der Waals surface area contributed by atoms with E-state index in [1.54, 1.807) is 0 Å². The van der Waals surface area contributed by atoms with Gasteiger partial charge in [-0.2, -0.15) is 0 Å². The highest BCUT2D eigenvalue weighted by molar-refractivity contribution is 5.85. The second-order valence-corrected chi connectivity index (χ2v) is 3.85. The molecule has 0 spiro atoms. The molecule has 0 saturated carbocycles. The topological polar surface area (TPSA) is 22.0 Å². The van der Waals surface area contributed by atoms with Crippen LogP contribution < -0.4 is 0 Å². The third-order valence-electron chi connectivity index (χ3n) is 3.04. The number of hydrogen-bond acceptors (Lipinski definition) is 1. The van der Waals surface area contributed by atoms with Crippen LogP contribution in [0.3, 0.4) is 0 Å². The summed E-state index contributed by atoms with van der Waals surface area (Å²) in [5, 5.41) is 1.28. The fourth-order valence-corrected chi connectivity index (χ4v) is 2.12. The van der Waals surface area contributed by atoms with E-state index < -0.39 is 0 Å². The third kappa shape index (κ3) is 3.95. The van der Waals surface area contributed by atoms with Crippen molar-refractivity contribution < 1.29 is 4.79 Å². The summed E-state index contributed by atoms with van der Waals surface area (Å²) in [6.45, 7) is 10.1. The Labute approximate surface area is 117 Å². The number of aldehydes is 1. The Bertz CT molecular complexity index is 497. The second kappa shape index (κ2) is 9.37. The van der Waals surface area contributed by atoms with Crippen molar-refractivity contribution in [3.05, 3.63) is 35.5 Å². The molecule has 0 bridgehead atoms. The number of nitrogens with zero attached hydrogens (tertiary/aromatic N) is 1. The van der Waals surface area contributed by atoms with Crippen LogP contribution in [0.4, 0.5) is 0 Å². The molecule has 19 heavy (non-hydrogen) atoms. The molecule has 0 aliphatic heterocycles. The molecule has 106 valence electrons. The SMILES string of the molecule is CC.CC.Cc1c(CCC=O)c2ccccc2n1C. The van der Waals surface area contributed by atoms with Gasteiger partial charge in [-0.3, -0.25) is 0 Å². The molecule has 0 amide bonds. The highest BCUT2D eigenvalue weighted by Crippen LogP contribution is 2.25. The molecule has 1 aromatic heterocycles. The maximum Gasteiger partial charge on any atom is 0.120 e. The Morgan fingerprint density at radius 3 is 2.26 bits per heavy atom. The number of carbonyl (C=O) groups is 1. The minimum Gasteiger partial charge on any atom is -0.348 e. The van der Waals surface area contributed by atoms with E-state index in [0.717, 1.165) is 12.7 Å². The number of hydrogen-bond donors (Lipinski definition) is 0. The fourth-order valence-electron chi connectivity index (χ4n) is 2.12. The highest BCUT2D eigenvalue weighted by atomic mass is 16.1. The lowest BCUT2D eigenvalue weighted by Gasteiger charge is -1.99. The average molecular weight is 261 g/mol. The van der Waals surface area contributed by atoms with E-state index in [0.29, 0.717) is 6.42 Å². The molecular formula is C17H27NO.